The predicted octanol–water partition coefficient (Wildman–Crippen LogP) is 1.84. The molecule has 0 saturated heterocycles. The van der Waals surface area contributed by atoms with Crippen molar-refractivity contribution >= 4 is 5.97 Å². The molecule has 0 unspecified atom stereocenters. The van der Waals surface area contributed by atoms with Crippen LogP contribution in [-0.2, 0) is 11.3 Å². The second-order valence-corrected chi connectivity index (χ2v) is 4.84. The summed E-state index contributed by atoms with van der Waals surface area (Å²) in [6, 6.07) is 5.56. The Morgan fingerprint density at radius 3 is 2.79 bits per heavy atom. The maximum Gasteiger partial charge on any atom is 0.304 e. The van der Waals surface area contributed by atoms with Crippen LogP contribution in [0.2, 0.25) is 0 Å². The topological polar surface area (TPSA) is 70.0 Å². The largest absolute Gasteiger partial charge is 0.508 e. The fourth-order valence-corrected chi connectivity index (χ4v) is 2.10. The molecule has 104 valence electrons. The van der Waals surface area contributed by atoms with Gasteiger partial charge in [-0.15, -0.1) is 0 Å². The third-order valence-electron chi connectivity index (χ3n) is 3.34. The SMILES string of the molecule is COc1ccc(O)c(CN(CCC(=O)O)C2CC2)c1. The molecule has 0 radical (unpaired) electrons. The molecule has 0 aliphatic heterocycles. The van der Waals surface area contributed by atoms with E-state index in [1.807, 2.05) is 0 Å². The molecule has 0 heterocycles. The molecule has 1 aromatic rings. The zero-order valence-electron chi connectivity index (χ0n) is 11.0. The summed E-state index contributed by atoms with van der Waals surface area (Å²) >= 11 is 0. The van der Waals surface area contributed by atoms with E-state index in [-0.39, 0.29) is 12.2 Å². The van der Waals surface area contributed by atoms with Crippen LogP contribution in [0.5, 0.6) is 11.5 Å². The Kier molecular flexibility index (Phi) is 4.27. The van der Waals surface area contributed by atoms with Crippen molar-refractivity contribution in [1.82, 2.24) is 4.90 Å². The minimum Gasteiger partial charge on any atom is -0.508 e. The van der Waals surface area contributed by atoms with Gasteiger partial charge in [-0.05, 0) is 31.0 Å². The third-order valence-corrected chi connectivity index (χ3v) is 3.34. The molecule has 5 nitrogen and oxygen atoms in total. The number of nitrogens with zero attached hydrogens (tertiary/aromatic N) is 1. The summed E-state index contributed by atoms with van der Waals surface area (Å²) in [5.41, 5.74) is 0.775. The lowest BCUT2D eigenvalue weighted by Crippen LogP contribution is -2.28. The van der Waals surface area contributed by atoms with Gasteiger partial charge in [-0.25, -0.2) is 0 Å². The van der Waals surface area contributed by atoms with Crippen LogP contribution in [0, 0.1) is 0 Å². The lowest BCUT2D eigenvalue weighted by Gasteiger charge is -2.21. The molecule has 2 N–H and O–H groups in total. The zero-order valence-corrected chi connectivity index (χ0v) is 11.0. The quantitative estimate of drug-likeness (QED) is 0.787. The molecule has 1 aliphatic rings. The standard InChI is InChI=1S/C14H19NO4/c1-19-12-4-5-13(16)10(8-12)9-15(11-2-3-11)7-6-14(17)18/h4-5,8,11,16H,2-3,6-7,9H2,1H3,(H,17,18). The van der Waals surface area contributed by atoms with E-state index in [0.29, 0.717) is 24.9 Å². The average molecular weight is 265 g/mol. The second kappa shape index (κ2) is 5.93. The first kappa shape index (κ1) is 13.7. The van der Waals surface area contributed by atoms with Gasteiger partial charge in [0.15, 0.2) is 0 Å². The van der Waals surface area contributed by atoms with Crippen LogP contribution < -0.4 is 4.74 Å². The first-order valence-electron chi connectivity index (χ1n) is 6.42. The molecule has 1 fully saturated rings. The predicted molar refractivity (Wildman–Crippen MR) is 70.3 cm³/mol. The van der Waals surface area contributed by atoms with Gasteiger partial charge >= 0.3 is 5.97 Å². The van der Waals surface area contributed by atoms with E-state index in [4.69, 9.17) is 9.84 Å². The Labute approximate surface area is 112 Å². The van der Waals surface area contributed by atoms with Gasteiger partial charge in [0, 0.05) is 24.7 Å². The first-order chi connectivity index (χ1) is 9.10. The van der Waals surface area contributed by atoms with E-state index in [1.54, 1.807) is 25.3 Å². The molecule has 0 spiro atoms. The molecular weight excluding hydrogens is 246 g/mol. The number of aliphatic carboxylic acids is 1. The summed E-state index contributed by atoms with van der Waals surface area (Å²) in [5.74, 6) is 0.129. The van der Waals surface area contributed by atoms with Crippen molar-refractivity contribution in [3.05, 3.63) is 23.8 Å². The van der Waals surface area contributed by atoms with E-state index >= 15 is 0 Å². The summed E-state index contributed by atoms with van der Waals surface area (Å²) in [7, 11) is 1.58. The third kappa shape index (κ3) is 3.86. The fourth-order valence-electron chi connectivity index (χ4n) is 2.10. The zero-order chi connectivity index (χ0) is 13.8. The molecule has 1 aromatic carbocycles. The minimum absolute atomic E-state index is 0.126. The van der Waals surface area contributed by atoms with Gasteiger partial charge in [0.2, 0.25) is 0 Å². The van der Waals surface area contributed by atoms with Gasteiger partial charge < -0.3 is 14.9 Å². The highest BCUT2D eigenvalue weighted by atomic mass is 16.5. The normalized spacial score (nSPS) is 14.6. The minimum atomic E-state index is -0.791. The van der Waals surface area contributed by atoms with Crippen molar-refractivity contribution < 1.29 is 19.7 Å². The molecule has 5 heteroatoms. The molecule has 0 amide bonds. The summed E-state index contributed by atoms with van der Waals surface area (Å²) in [6.07, 6.45) is 2.33. The molecule has 0 aromatic heterocycles. The second-order valence-electron chi connectivity index (χ2n) is 4.84. The summed E-state index contributed by atoms with van der Waals surface area (Å²) in [4.78, 5) is 12.8. The van der Waals surface area contributed by atoms with Crippen LogP contribution in [-0.4, -0.2) is 40.8 Å². The van der Waals surface area contributed by atoms with Crippen molar-refractivity contribution in [2.24, 2.45) is 0 Å². The van der Waals surface area contributed by atoms with Gasteiger partial charge in [0.25, 0.3) is 0 Å². The maximum absolute atomic E-state index is 10.7. The van der Waals surface area contributed by atoms with Crippen LogP contribution in [0.25, 0.3) is 0 Å². The van der Waals surface area contributed by atoms with Crippen molar-refractivity contribution in [2.75, 3.05) is 13.7 Å². The fraction of sp³-hybridized carbons (Fsp3) is 0.500. The van der Waals surface area contributed by atoms with Crippen molar-refractivity contribution in [2.45, 2.75) is 31.8 Å². The van der Waals surface area contributed by atoms with Gasteiger partial charge in [-0.3, -0.25) is 9.69 Å². The van der Waals surface area contributed by atoms with Gasteiger partial charge in [-0.1, -0.05) is 0 Å². The first-order valence-corrected chi connectivity index (χ1v) is 6.42. The lowest BCUT2D eigenvalue weighted by molar-refractivity contribution is -0.137. The van der Waals surface area contributed by atoms with Gasteiger partial charge in [-0.2, -0.15) is 0 Å². The molecule has 2 rings (SSSR count). The van der Waals surface area contributed by atoms with E-state index in [0.717, 1.165) is 18.4 Å². The summed E-state index contributed by atoms with van der Waals surface area (Å²) in [5, 5.41) is 18.6. The number of methoxy groups -OCH3 is 1. The molecule has 0 atom stereocenters. The molecule has 1 aliphatic carbocycles. The van der Waals surface area contributed by atoms with Crippen molar-refractivity contribution in [1.29, 1.82) is 0 Å². The van der Waals surface area contributed by atoms with Crippen LogP contribution >= 0.6 is 0 Å². The maximum atomic E-state index is 10.7. The number of hydrogen-bond acceptors (Lipinski definition) is 4. The van der Waals surface area contributed by atoms with Crippen molar-refractivity contribution in [3.8, 4) is 11.5 Å². The monoisotopic (exact) mass is 265 g/mol. The number of rotatable bonds is 7. The number of carboxylic acid groups (broad SMARTS) is 1. The smallest absolute Gasteiger partial charge is 0.304 e. The highest BCUT2D eigenvalue weighted by Gasteiger charge is 2.29. The van der Waals surface area contributed by atoms with Crippen LogP contribution in [0.4, 0.5) is 0 Å². The number of phenolic OH excluding ortho intramolecular Hbond substituents is 1. The van der Waals surface area contributed by atoms with Crippen LogP contribution in [0.1, 0.15) is 24.8 Å². The summed E-state index contributed by atoms with van der Waals surface area (Å²) < 4.78 is 5.14. The van der Waals surface area contributed by atoms with Crippen LogP contribution in [0.15, 0.2) is 18.2 Å². The number of aromatic hydroxyl groups is 1. The molecule has 0 bridgehead atoms. The number of ether oxygens (including phenoxy) is 1. The van der Waals surface area contributed by atoms with E-state index in [2.05, 4.69) is 4.90 Å². The van der Waals surface area contributed by atoms with E-state index in [1.165, 1.54) is 0 Å². The highest BCUT2D eigenvalue weighted by Crippen LogP contribution is 2.31. The Morgan fingerprint density at radius 2 is 2.21 bits per heavy atom. The Bertz CT molecular complexity index is 457. The number of benzene rings is 1. The number of carboxylic acids is 1. The Morgan fingerprint density at radius 1 is 1.47 bits per heavy atom. The van der Waals surface area contributed by atoms with Gasteiger partial charge in [0.05, 0.1) is 13.5 Å². The highest BCUT2D eigenvalue weighted by molar-refractivity contribution is 5.66. The number of hydrogen-bond donors (Lipinski definition) is 2. The van der Waals surface area contributed by atoms with E-state index in [9.17, 15) is 9.90 Å². The Balaban J connectivity index is 2.05. The van der Waals surface area contributed by atoms with Crippen molar-refractivity contribution in [3.63, 3.8) is 0 Å². The van der Waals surface area contributed by atoms with Crippen LogP contribution in [0.3, 0.4) is 0 Å². The average Bonchev–Trinajstić information content (AvgIpc) is 3.20. The molecule has 19 heavy (non-hydrogen) atoms. The molecule has 1 saturated carbocycles. The van der Waals surface area contributed by atoms with E-state index < -0.39 is 5.97 Å². The number of phenols is 1. The summed E-state index contributed by atoms with van der Waals surface area (Å²) in [6.45, 7) is 1.07. The Hall–Kier alpha value is -1.75. The molecular formula is C14H19NO4. The van der Waals surface area contributed by atoms with Gasteiger partial charge in [0.1, 0.15) is 11.5 Å². The number of carbonyl (C=O) groups is 1. The lowest BCUT2D eigenvalue weighted by atomic mass is 10.1.